The molecule has 0 aliphatic heterocycles. The van der Waals surface area contributed by atoms with Gasteiger partial charge in [-0.3, -0.25) is 4.79 Å². The van der Waals surface area contributed by atoms with E-state index in [9.17, 15) is 4.79 Å². The molecule has 0 aromatic heterocycles. The number of benzene rings is 2. The summed E-state index contributed by atoms with van der Waals surface area (Å²) in [5.74, 6) is 0. The summed E-state index contributed by atoms with van der Waals surface area (Å²) in [6, 6.07) is 15.8. The van der Waals surface area contributed by atoms with Gasteiger partial charge in [0.1, 0.15) is 6.29 Å². The molecule has 0 amide bonds. The Labute approximate surface area is 101 Å². The predicted molar refractivity (Wildman–Crippen MR) is 71.9 cm³/mol. The Kier molecular flexibility index (Phi) is 3.51. The van der Waals surface area contributed by atoms with Crippen LogP contribution in [0.15, 0.2) is 48.5 Å². The van der Waals surface area contributed by atoms with Crippen molar-refractivity contribution in [2.45, 2.75) is 6.92 Å². The Balaban J connectivity index is 2.26. The molecule has 0 fully saturated rings. The number of carbonyl (C=O) groups excluding carboxylic acids is 1. The molecule has 0 saturated carbocycles. The molecule has 1 nitrogen and oxygen atoms in total. The standard InChI is InChI=1S/C16H14O/c1-13-5-2-3-8-16(13)10-9-14-6-4-7-15(11-14)12-17/h2-12H,1H3/b10-9+. The Morgan fingerprint density at radius 2 is 1.65 bits per heavy atom. The maximum Gasteiger partial charge on any atom is 0.150 e. The molecule has 1 heteroatoms. The fourth-order valence-corrected chi connectivity index (χ4v) is 1.70. The van der Waals surface area contributed by atoms with E-state index in [1.165, 1.54) is 11.1 Å². The fraction of sp³-hybridized carbons (Fsp3) is 0.0625. The molecule has 0 radical (unpaired) electrons. The zero-order valence-electron chi connectivity index (χ0n) is 9.76. The molecular weight excluding hydrogens is 208 g/mol. The van der Waals surface area contributed by atoms with Crippen molar-refractivity contribution in [3.05, 3.63) is 70.8 Å². The van der Waals surface area contributed by atoms with E-state index < -0.39 is 0 Å². The minimum absolute atomic E-state index is 0.705. The van der Waals surface area contributed by atoms with E-state index in [-0.39, 0.29) is 0 Å². The Morgan fingerprint density at radius 1 is 0.882 bits per heavy atom. The number of hydrogen-bond donors (Lipinski definition) is 0. The maximum absolute atomic E-state index is 10.7. The monoisotopic (exact) mass is 222 g/mol. The normalized spacial score (nSPS) is 10.6. The zero-order valence-corrected chi connectivity index (χ0v) is 9.76. The Morgan fingerprint density at radius 3 is 2.41 bits per heavy atom. The average molecular weight is 222 g/mol. The summed E-state index contributed by atoms with van der Waals surface area (Å²) in [6.07, 6.45) is 4.96. The number of aryl methyl sites for hydroxylation is 1. The predicted octanol–water partition coefficient (Wildman–Crippen LogP) is 3.98. The van der Waals surface area contributed by atoms with Crippen LogP contribution < -0.4 is 0 Å². The van der Waals surface area contributed by atoms with Crippen molar-refractivity contribution >= 4 is 18.4 Å². The lowest BCUT2D eigenvalue weighted by Crippen LogP contribution is -1.81. The van der Waals surface area contributed by atoms with Gasteiger partial charge in [0, 0.05) is 5.56 Å². The molecule has 0 bridgehead atoms. The number of hydrogen-bond acceptors (Lipinski definition) is 1. The molecule has 0 aliphatic carbocycles. The summed E-state index contributed by atoms with van der Waals surface area (Å²) >= 11 is 0. The Bertz CT molecular complexity index is 553. The maximum atomic E-state index is 10.7. The van der Waals surface area contributed by atoms with Gasteiger partial charge < -0.3 is 0 Å². The summed E-state index contributed by atoms with van der Waals surface area (Å²) in [7, 11) is 0. The molecule has 0 saturated heterocycles. The van der Waals surface area contributed by atoms with Crippen LogP contribution in [-0.4, -0.2) is 6.29 Å². The number of rotatable bonds is 3. The molecule has 84 valence electrons. The summed E-state index contributed by atoms with van der Waals surface area (Å²) in [5.41, 5.74) is 4.19. The second-order valence-corrected chi connectivity index (χ2v) is 3.98. The third kappa shape index (κ3) is 2.91. The third-order valence-corrected chi connectivity index (χ3v) is 2.69. The molecule has 2 aromatic carbocycles. The highest BCUT2D eigenvalue weighted by Crippen LogP contribution is 2.12. The van der Waals surface area contributed by atoms with Crippen molar-refractivity contribution in [1.29, 1.82) is 0 Å². The van der Waals surface area contributed by atoms with Gasteiger partial charge in [0.05, 0.1) is 0 Å². The first-order valence-corrected chi connectivity index (χ1v) is 5.58. The van der Waals surface area contributed by atoms with Crippen LogP contribution in [0.2, 0.25) is 0 Å². The Hall–Kier alpha value is -2.15. The van der Waals surface area contributed by atoms with Gasteiger partial charge in [-0.05, 0) is 29.7 Å². The largest absolute Gasteiger partial charge is 0.298 e. The van der Waals surface area contributed by atoms with Crippen molar-refractivity contribution in [3.63, 3.8) is 0 Å². The van der Waals surface area contributed by atoms with Gasteiger partial charge in [0.15, 0.2) is 0 Å². The van der Waals surface area contributed by atoms with Gasteiger partial charge in [0.25, 0.3) is 0 Å². The SMILES string of the molecule is Cc1ccccc1/C=C/c1cccc(C=O)c1. The van der Waals surface area contributed by atoms with E-state index >= 15 is 0 Å². The highest BCUT2D eigenvalue weighted by molar-refractivity contribution is 5.78. The van der Waals surface area contributed by atoms with Crippen molar-refractivity contribution < 1.29 is 4.79 Å². The van der Waals surface area contributed by atoms with Crippen molar-refractivity contribution in [2.24, 2.45) is 0 Å². The van der Waals surface area contributed by atoms with E-state index in [1.54, 1.807) is 6.07 Å². The van der Waals surface area contributed by atoms with Gasteiger partial charge in [-0.2, -0.15) is 0 Å². The molecule has 0 spiro atoms. The summed E-state index contributed by atoms with van der Waals surface area (Å²) in [6.45, 7) is 2.08. The lowest BCUT2D eigenvalue weighted by atomic mass is 10.1. The molecule has 0 aliphatic rings. The second kappa shape index (κ2) is 5.26. The van der Waals surface area contributed by atoms with Gasteiger partial charge in [-0.25, -0.2) is 0 Å². The van der Waals surface area contributed by atoms with Crippen LogP contribution in [0.25, 0.3) is 12.2 Å². The van der Waals surface area contributed by atoms with Crippen LogP contribution in [-0.2, 0) is 0 Å². The molecule has 17 heavy (non-hydrogen) atoms. The topological polar surface area (TPSA) is 17.1 Å². The molecule has 0 unspecified atom stereocenters. The van der Waals surface area contributed by atoms with Crippen LogP contribution in [0.1, 0.15) is 27.0 Å². The quantitative estimate of drug-likeness (QED) is 0.567. The fourth-order valence-electron chi connectivity index (χ4n) is 1.70. The first kappa shape index (κ1) is 11.3. The second-order valence-electron chi connectivity index (χ2n) is 3.98. The summed E-state index contributed by atoms with van der Waals surface area (Å²) < 4.78 is 0. The van der Waals surface area contributed by atoms with Crippen molar-refractivity contribution in [1.82, 2.24) is 0 Å². The minimum Gasteiger partial charge on any atom is -0.298 e. The first-order chi connectivity index (χ1) is 8.29. The number of aldehydes is 1. The van der Waals surface area contributed by atoms with E-state index in [1.807, 2.05) is 36.4 Å². The molecule has 0 N–H and O–H groups in total. The van der Waals surface area contributed by atoms with E-state index in [0.717, 1.165) is 11.8 Å². The van der Waals surface area contributed by atoms with Gasteiger partial charge >= 0.3 is 0 Å². The van der Waals surface area contributed by atoms with Gasteiger partial charge in [-0.15, -0.1) is 0 Å². The molecular formula is C16H14O. The van der Waals surface area contributed by atoms with Crippen LogP contribution >= 0.6 is 0 Å². The lowest BCUT2D eigenvalue weighted by molar-refractivity contribution is 0.112. The minimum atomic E-state index is 0.705. The van der Waals surface area contributed by atoms with Crippen LogP contribution in [0, 0.1) is 6.92 Å². The van der Waals surface area contributed by atoms with E-state index in [4.69, 9.17) is 0 Å². The zero-order chi connectivity index (χ0) is 12.1. The molecule has 2 aromatic rings. The van der Waals surface area contributed by atoms with Gasteiger partial charge in [-0.1, -0.05) is 54.6 Å². The van der Waals surface area contributed by atoms with Crippen LogP contribution in [0.5, 0.6) is 0 Å². The van der Waals surface area contributed by atoms with E-state index in [2.05, 4.69) is 25.1 Å². The highest BCUT2D eigenvalue weighted by Gasteiger charge is 1.93. The highest BCUT2D eigenvalue weighted by atomic mass is 16.1. The smallest absolute Gasteiger partial charge is 0.150 e. The molecule has 0 heterocycles. The summed E-state index contributed by atoms with van der Waals surface area (Å²) in [4.78, 5) is 10.7. The first-order valence-electron chi connectivity index (χ1n) is 5.58. The molecule has 2 rings (SSSR count). The van der Waals surface area contributed by atoms with Crippen molar-refractivity contribution in [3.8, 4) is 0 Å². The summed E-state index contributed by atoms with van der Waals surface area (Å²) in [5, 5.41) is 0. The number of carbonyl (C=O) groups is 1. The van der Waals surface area contributed by atoms with Crippen LogP contribution in [0.3, 0.4) is 0 Å². The van der Waals surface area contributed by atoms with Crippen molar-refractivity contribution in [2.75, 3.05) is 0 Å². The van der Waals surface area contributed by atoms with E-state index in [0.29, 0.717) is 5.56 Å². The van der Waals surface area contributed by atoms with Crippen LogP contribution in [0.4, 0.5) is 0 Å². The third-order valence-electron chi connectivity index (χ3n) is 2.69. The lowest BCUT2D eigenvalue weighted by Gasteiger charge is -1.99. The van der Waals surface area contributed by atoms with Gasteiger partial charge in [0.2, 0.25) is 0 Å². The molecule has 0 atom stereocenters. The average Bonchev–Trinajstić information content (AvgIpc) is 2.38.